The van der Waals surface area contributed by atoms with Gasteiger partial charge in [-0.05, 0) is 39.0 Å². The van der Waals surface area contributed by atoms with E-state index >= 15 is 0 Å². The molecule has 1 aromatic heterocycles. The Labute approximate surface area is 131 Å². The van der Waals surface area contributed by atoms with E-state index in [4.69, 9.17) is 4.74 Å². The number of anilines is 2. The van der Waals surface area contributed by atoms with Gasteiger partial charge in [0.1, 0.15) is 11.1 Å². The van der Waals surface area contributed by atoms with Crippen LogP contribution < -0.4 is 10.6 Å². The summed E-state index contributed by atoms with van der Waals surface area (Å²) in [6.07, 6.45) is -0.575. The number of carbonyl (C=O) groups is 2. The standard InChI is InChI=1S/C14H16N4O3S/c1-14(2,3)21-13(20)16-10-6-4-5-9(7-10)11(19)17-12-18-15-8-22-12/h4-8H,1-3H3,(H,16,20)(H,17,18,19). The Balaban J connectivity index is 2.03. The van der Waals surface area contributed by atoms with Gasteiger partial charge >= 0.3 is 6.09 Å². The fraction of sp³-hybridized carbons (Fsp3) is 0.286. The number of hydrogen-bond donors (Lipinski definition) is 2. The first-order valence-corrected chi connectivity index (χ1v) is 7.39. The van der Waals surface area contributed by atoms with E-state index in [0.717, 1.165) is 0 Å². The zero-order valence-electron chi connectivity index (χ0n) is 12.4. The second kappa shape index (κ2) is 6.52. The van der Waals surface area contributed by atoms with Crippen molar-refractivity contribution in [2.75, 3.05) is 10.6 Å². The minimum absolute atomic E-state index is 0.329. The van der Waals surface area contributed by atoms with Crippen molar-refractivity contribution in [2.45, 2.75) is 26.4 Å². The Hall–Kier alpha value is -2.48. The molecule has 0 aliphatic rings. The van der Waals surface area contributed by atoms with E-state index < -0.39 is 11.7 Å². The molecular weight excluding hydrogens is 304 g/mol. The van der Waals surface area contributed by atoms with Crippen molar-refractivity contribution in [1.29, 1.82) is 0 Å². The molecule has 116 valence electrons. The molecule has 2 aromatic rings. The predicted molar refractivity (Wildman–Crippen MR) is 84.2 cm³/mol. The number of rotatable bonds is 3. The zero-order chi connectivity index (χ0) is 16.2. The molecule has 0 aliphatic heterocycles. The van der Waals surface area contributed by atoms with E-state index in [1.54, 1.807) is 45.0 Å². The molecule has 0 saturated carbocycles. The summed E-state index contributed by atoms with van der Waals surface area (Å²) < 4.78 is 5.16. The molecule has 22 heavy (non-hydrogen) atoms. The molecule has 0 saturated heterocycles. The van der Waals surface area contributed by atoms with Crippen molar-refractivity contribution < 1.29 is 14.3 Å². The zero-order valence-corrected chi connectivity index (χ0v) is 13.2. The molecule has 0 spiro atoms. The van der Waals surface area contributed by atoms with Gasteiger partial charge < -0.3 is 4.74 Å². The fourth-order valence-corrected chi connectivity index (χ4v) is 2.00. The maximum absolute atomic E-state index is 12.1. The minimum Gasteiger partial charge on any atom is -0.444 e. The Kier molecular flexibility index (Phi) is 4.71. The van der Waals surface area contributed by atoms with Gasteiger partial charge in [0, 0.05) is 11.3 Å². The summed E-state index contributed by atoms with van der Waals surface area (Å²) in [4.78, 5) is 23.8. The Morgan fingerprint density at radius 2 is 2.00 bits per heavy atom. The molecule has 0 unspecified atom stereocenters. The number of ether oxygens (including phenoxy) is 1. The highest BCUT2D eigenvalue weighted by Gasteiger charge is 2.16. The van der Waals surface area contributed by atoms with Crippen LogP contribution in [0.2, 0.25) is 0 Å². The van der Waals surface area contributed by atoms with E-state index in [2.05, 4.69) is 20.8 Å². The van der Waals surface area contributed by atoms with Crippen molar-refractivity contribution in [1.82, 2.24) is 10.2 Å². The minimum atomic E-state index is -0.586. The average Bonchev–Trinajstić information content (AvgIpc) is 2.89. The van der Waals surface area contributed by atoms with Gasteiger partial charge in [-0.3, -0.25) is 15.4 Å². The average molecular weight is 320 g/mol. The molecular formula is C14H16N4O3S. The van der Waals surface area contributed by atoms with Crippen LogP contribution in [0.5, 0.6) is 0 Å². The van der Waals surface area contributed by atoms with E-state index in [1.807, 2.05) is 0 Å². The first-order valence-electron chi connectivity index (χ1n) is 6.51. The van der Waals surface area contributed by atoms with Crippen molar-refractivity contribution in [2.24, 2.45) is 0 Å². The molecule has 0 bridgehead atoms. The van der Waals surface area contributed by atoms with Crippen LogP contribution >= 0.6 is 11.3 Å². The van der Waals surface area contributed by atoms with Crippen LogP contribution in [0.1, 0.15) is 31.1 Å². The van der Waals surface area contributed by atoms with Crippen LogP contribution in [-0.4, -0.2) is 27.8 Å². The molecule has 2 N–H and O–H groups in total. The van der Waals surface area contributed by atoms with Crippen LogP contribution in [-0.2, 0) is 4.74 Å². The molecule has 2 amide bonds. The van der Waals surface area contributed by atoms with E-state index in [-0.39, 0.29) is 5.91 Å². The van der Waals surface area contributed by atoms with Crippen molar-refractivity contribution in [3.63, 3.8) is 0 Å². The third kappa shape index (κ3) is 4.81. The Morgan fingerprint density at radius 3 is 2.64 bits per heavy atom. The third-order valence-electron chi connectivity index (χ3n) is 2.35. The Morgan fingerprint density at radius 1 is 1.23 bits per heavy atom. The number of nitrogens with one attached hydrogen (secondary N) is 2. The summed E-state index contributed by atoms with van der Waals surface area (Å²) in [7, 11) is 0. The highest BCUT2D eigenvalue weighted by molar-refractivity contribution is 7.13. The van der Waals surface area contributed by atoms with Crippen molar-refractivity contribution >= 4 is 34.2 Å². The van der Waals surface area contributed by atoms with Crippen molar-refractivity contribution in [3.05, 3.63) is 35.3 Å². The number of carbonyl (C=O) groups excluding carboxylic acids is 2. The van der Waals surface area contributed by atoms with E-state index in [0.29, 0.717) is 16.4 Å². The number of hydrogen-bond acceptors (Lipinski definition) is 6. The SMILES string of the molecule is CC(C)(C)OC(=O)Nc1cccc(C(=O)Nc2nncs2)c1. The largest absolute Gasteiger partial charge is 0.444 e. The second-order valence-corrected chi connectivity index (χ2v) is 6.24. The first kappa shape index (κ1) is 15.9. The number of benzene rings is 1. The summed E-state index contributed by atoms with van der Waals surface area (Å²) in [5, 5.41) is 13.0. The molecule has 7 nitrogen and oxygen atoms in total. The van der Waals surface area contributed by atoms with Gasteiger partial charge in [-0.25, -0.2) is 4.79 Å². The van der Waals surface area contributed by atoms with Gasteiger partial charge in [0.05, 0.1) is 0 Å². The first-order chi connectivity index (χ1) is 10.3. The molecule has 2 rings (SSSR count). The number of amides is 2. The third-order valence-corrected chi connectivity index (χ3v) is 2.96. The lowest BCUT2D eigenvalue weighted by molar-refractivity contribution is 0.0635. The smallest absolute Gasteiger partial charge is 0.412 e. The van der Waals surface area contributed by atoms with Crippen LogP contribution in [0.3, 0.4) is 0 Å². The monoisotopic (exact) mass is 320 g/mol. The number of nitrogens with zero attached hydrogens (tertiary/aromatic N) is 2. The Bertz CT molecular complexity index is 665. The maximum atomic E-state index is 12.1. The summed E-state index contributed by atoms with van der Waals surface area (Å²) in [6, 6.07) is 6.53. The fourth-order valence-electron chi connectivity index (χ4n) is 1.56. The van der Waals surface area contributed by atoms with Gasteiger partial charge in [0.2, 0.25) is 5.13 Å². The van der Waals surface area contributed by atoms with Gasteiger partial charge in [-0.15, -0.1) is 10.2 Å². The normalized spacial score (nSPS) is 10.9. The summed E-state index contributed by atoms with van der Waals surface area (Å²) in [6.45, 7) is 5.33. The van der Waals surface area contributed by atoms with Crippen LogP contribution in [0.4, 0.5) is 15.6 Å². The highest BCUT2D eigenvalue weighted by Crippen LogP contribution is 2.15. The van der Waals surface area contributed by atoms with Gasteiger partial charge in [-0.1, -0.05) is 17.4 Å². The van der Waals surface area contributed by atoms with Crippen LogP contribution in [0.25, 0.3) is 0 Å². The lowest BCUT2D eigenvalue weighted by Crippen LogP contribution is -2.27. The van der Waals surface area contributed by atoms with E-state index in [1.165, 1.54) is 16.8 Å². The molecule has 0 atom stereocenters. The van der Waals surface area contributed by atoms with Gasteiger partial charge in [0.25, 0.3) is 5.91 Å². The van der Waals surface area contributed by atoms with Gasteiger partial charge in [-0.2, -0.15) is 0 Å². The number of aromatic nitrogens is 2. The van der Waals surface area contributed by atoms with Gasteiger partial charge in [0.15, 0.2) is 0 Å². The summed E-state index contributed by atoms with van der Waals surface area (Å²) >= 11 is 1.22. The molecule has 1 heterocycles. The topological polar surface area (TPSA) is 93.2 Å². The molecule has 8 heteroatoms. The van der Waals surface area contributed by atoms with Crippen LogP contribution in [0, 0.1) is 0 Å². The maximum Gasteiger partial charge on any atom is 0.412 e. The quantitative estimate of drug-likeness (QED) is 0.906. The molecule has 0 radical (unpaired) electrons. The molecule has 1 aromatic carbocycles. The molecule has 0 aliphatic carbocycles. The summed E-state index contributed by atoms with van der Waals surface area (Å²) in [5.74, 6) is -0.329. The summed E-state index contributed by atoms with van der Waals surface area (Å²) in [5.41, 5.74) is 1.80. The lowest BCUT2D eigenvalue weighted by atomic mass is 10.2. The van der Waals surface area contributed by atoms with Crippen LogP contribution in [0.15, 0.2) is 29.8 Å². The predicted octanol–water partition coefficient (Wildman–Crippen LogP) is 3.14. The highest BCUT2D eigenvalue weighted by atomic mass is 32.1. The lowest BCUT2D eigenvalue weighted by Gasteiger charge is -2.19. The second-order valence-electron chi connectivity index (χ2n) is 5.41. The van der Waals surface area contributed by atoms with Crippen molar-refractivity contribution in [3.8, 4) is 0 Å². The molecule has 0 fully saturated rings. The van der Waals surface area contributed by atoms with E-state index in [9.17, 15) is 9.59 Å².